The summed E-state index contributed by atoms with van der Waals surface area (Å²) < 4.78 is 1.93. The highest BCUT2D eigenvalue weighted by molar-refractivity contribution is 5.09. The predicted molar refractivity (Wildman–Crippen MR) is 52.4 cm³/mol. The summed E-state index contributed by atoms with van der Waals surface area (Å²) in [5.41, 5.74) is 0.741. The standard InChI is InChI=1S/C10H18N2O/c1-7-11-6-8(12(7)5)9(13)10(2,3)4/h6,9,13H,1-5H3. The minimum Gasteiger partial charge on any atom is -0.386 e. The summed E-state index contributed by atoms with van der Waals surface area (Å²) in [5.74, 6) is 0.929. The maximum absolute atomic E-state index is 9.99. The van der Waals surface area contributed by atoms with E-state index in [1.165, 1.54) is 0 Å². The molecule has 0 spiro atoms. The highest BCUT2D eigenvalue weighted by Gasteiger charge is 2.26. The van der Waals surface area contributed by atoms with Crippen molar-refractivity contribution in [3.63, 3.8) is 0 Å². The number of hydrogen-bond donors (Lipinski definition) is 1. The van der Waals surface area contributed by atoms with Crippen molar-refractivity contribution in [2.75, 3.05) is 0 Å². The number of nitrogens with zero attached hydrogens (tertiary/aromatic N) is 2. The number of rotatable bonds is 1. The third-order valence-corrected chi connectivity index (χ3v) is 2.36. The van der Waals surface area contributed by atoms with E-state index in [1.807, 2.05) is 39.3 Å². The van der Waals surface area contributed by atoms with Gasteiger partial charge in [-0.15, -0.1) is 0 Å². The maximum Gasteiger partial charge on any atom is 0.105 e. The molecule has 3 nitrogen and oxygen atoms in total. The van der Waals surface area contributed by atoms with Gasteiger partial charge in [-0.05, 0) is 12.3 Å². The Kier molecular flexibility index (Phi) is 2.48. The Bertz CT molecular complexity index is 296. The van der Waals surface area contributed by atoms with Gasteiger partial charge < -0.3 is 9.67 Å². The highest BCUT2D eigenvalue weighted by atomic mass is 16.3. The van der Waals surface area contributed by atoms with Crippen LogP contribution in [0.15, 0.2) is 6.20 Å². The largest absolute Gasteiger partial charge is 0.386 e. The summed E-state index contributed by atoms with van der Waals surface area (Å²) >= 11 is 0. The van der Waals surface area contributed by atoms with Crippen molar-refractivity contribution in [3.8, 4) is 0 Å². The lowest BCUT2D eigenvalue weighted by Gasteiger charge is -2.25. The molecule has 1 aromatic rings. The summed E-state index contributed by atoms with van der Waals surface area (Å²) in [6.07, 6.45) is 1.28. The summed E-state index contributed by atoms with van der Waals surface area (Å²) in [4.78, 5) is 4.15. The molecule has 0 saturated heterocycles. The van der Waals surface area contributed by atoms with Crippen LogP contribution >= 0.6 is 0 Å². The van der Waals surface area contributed by atoms with Crippen LogP contribution in [0.2, 0.25) is 0 Å². The molecule has 0 radical (unpaired) electrons. The van der Waals surface area contributed by atoms with Crippen LogP contribution < -0.4 is 0 Å². The molecule has 74 valence electrons. The van der Waals surface area contributed by atoms with E-state index in [4.69, 9.17) is 0 Å². The van der Waals surface area contributed by atoms with Gasteiger partial charge in [-0.1, -0.05) is 20.8 Å². The van der Waals surface area contributed by atoms with Gasteiger partial charge in [-0.3, -0.25) is 0 Å². The SMILES string of the molecule is Cc1ncc(C(O)C(C)(C)C)n1C. The average Bonchev–Trinajstić information content (AvgIpc) is 2.30. The lowest BCUT2D eigenvalue weighted by atomic mass is 9.87. The first-order valence-corrected chi connectivity index (χ1v) is 4.50. The molecular weight excluding hydrogens is 164 g/mol. The summed E-state index contributed by atoms with van der Waals surface area (Å²) in [5, 5.41) is 9.99. The highest BCUT2D eigenvalue weighted by Crippen LogP contribution is 2.32. The summed E-state index contributed by atoms with van der Waals surface area (Å²) in [7, 11) is 1.92. The molecule has 1 atom stereocenters. The molecule has 0 fully saturated rings. The molecule has 13 heavy (non-hydrogen) atoms. The van der Waals surface area contributed by atoms with Gasteiger partial charge in [0.1, 0.15) is 11.9 Å². The zero-order valence-electron chi connectivity index (χ0n) is 9.00. The number of aryl methyl sites for hydroxylation is 1. The fourth-order valence-electron chi connectivity index (χ4n) is 1.22. The van der Waals surface area contributed by atoms with E-state index >= 15 is 0 Å². The minimum atomic E-state index is -0.460. The van der Waals surface area contributed by atoms with E-state index in [2.05, 4.69) is 4.98 Å². The third-order valence-electron chi connectivity index (χ3n) is 2.36. The zero-order chi connectivity index (χ0) is 10.2. The minimum absolute atomic E-state index is 0.139. The maximum atomic E-state index is 9.99. The van der Waals surface area contributed by atoms with Crippen molar-refractivity contribution in [2.45, 2.75) is 33.8 Å². The summed E-state index contributed by atoms with van der Waals surface area (Å²) in [6, 6.07) is 0. The fourth-order valence-corrected chi connectivity index (χ4v) is 1.22. The van der Waals surface area contributed by atoms with Crippen LogP contribution in [-0.4, -0.2) is 14.7 Å². The van der Waals surface area contributed by atoms with E-state index in [-0.39, 0.29) is 5.41 Å². The Balaban J connectivity index is 3.02. The van der Waals surface area contributed by atoms with E-state index < -0.39 is 6.10 Å². The molecule has 0 saturated carbocycles. The van der Waals surface area contributed by atoms with Gasteiger partial charge >= 0.3 is 0 Å². The Morgan fingerprint density at radius 1 is 1.46 bits per heavy atom. The van der Waals surface area contributed by atoms with Crippen LogP contribution in [0.1, 0.15) is 38.4 Å². The van der Waals surface area contributed by atoms with Crippen molar-refractivity contribution in [1.82, 2.24) is 9.55 Å². The van der Waals surface area contributed by atoms with Gasteiger partial charge in [0, 0.05) is 7.05 Å². The van der Waals surface area contributed by atoms with E-state index in [0.29, 0.717) is 0 Å². The van der Waals surface area contributed by atoms with E-state index in [9.17, 15) is 5.11 Å². The smallest absolute Gasteiger partial charge is 0.105 e. The van der Waals surface area contributed by atoms with Crippen molar-refractivity contribution < 1.29 is 5.11 Å². The monoisotopic (exact) mass is 182 g/mol. The quantitative estimate of drug-likeness (QED) is 0.719. The Labute approximate surface area is 79.4 Å². The topological polar surface area (TPSA) is 38.1 Å². The second kappa shape index (κ2) is 3.14. The predicted octanol–water partition coefficient (Wildman–Crippen LogP) is 1.81. The molecule has 0 aliphatic heterocycles. The van der Waals surface area contributed by atoms with Crippen LogP contribution in [0.25, 0.3) is 0 Å². The van der Waals surface area contributed by atoms with Gasteiger partial charge in [0.05, 0.1) is 11.9 Å². The second-order valence-electron chi connectivity index (χ2n) is 4.56. The zero-order valence-corrected chi connectivity index (χ0v) is 9.00. The van der Waals surface area contributed by atoms with Crippen molar-refractivity contribution >= 4 is 0 Å². The van der Waals surface area contributed by atoms with Crippen LogP contribution in [0.5, 0.6) is 0 Å². The molecule has 0 amide bonds. The van der Waals surface area contributed by atoms with Gasteiger partial charge in [0.2, 0.25) is 0 Å². The molecule has 3 heteroatoms. The molecule has 1 rings (SSSR count). The van der Waals surface area contributed by atoms with Gasteiger partial charge in [0.15, 0.2) is 0 Å². The fraction of sp³-hybridized carbons (Fsp3) is 0.700. The molecule has 1 aromatic heterocycles. The molecule has 1 N–H and O–H groups in total. The molecule has 1 unspecified atom stereocenters. The van der Waals surface area contributed by atoms with Crippen LogP contribution in [0.3, 0.4) is 0 Å². The van der Waals surface area contributed by atoms with Crippen molar-refractivity contribution in [1.29, 1.82) is 0 Å². The van der Waals surface area contributed by atoms with E-state index in [1.54, 1.807) is 6.20 Å². The number of aliphatic hydroxyl groups is 1. The van der Waals surface area contributed by atoms with Gasteiger partial charge in [-0.2, -0.15) is 0 Å². The Morgan fingerprint density at radius 2 is 2.00 bits per heavy atom. The number of aromatic nitrogens is 2. The third kappa shape index (κ3) is 1.91. The first kappa shape index (κ1) is 10.3. The molecular formula is C10H18N2O. The second-order valence-corrected chi connectivity index (χ2v) is 4.56. The first-order chi connectivity index (χ1) is 5.84. The van der Waals surface area contributed by atoms with Crippen molar-refractivity contribution in [2.24, 2.45) is 12.5 Å². The number of hydrogen-bond acceptors (Lipinski definition) is 2. The number of aliphatic hydroxyl groups excluding tert-OH is 1. The molecule has 0 aliphatic carbocycles. The lowest BCUT2D eigenvalue weighted by molar-refractivity contribution is 0.0563. The van der Waals surface area contributed by atoms with Crippen LogP contribution in [0, 0.1) is 12.3 Å². The first-order valence-electron chi connectivity index (χ1n) is 4.50. The Hall–Kier alpha value is -0.830. The molecule has 0 aromatic carbocycles. The van der Waals surface area contributed by atoms with Crippen molar-refractivity contribution in [3.05, 3.63) is 17.7 Å². The van der Waals surface area contributed by atoms with Crippen LogP contribution in [0.4, 0.5) is 0 Å². The number of imidazole rings is 1. The molecule has 0 bridgehead atoms. The van der Waals surface area contributed by atoms with Gasteiger partial charge in [-0.25, -0.2) is 4.98 Å². The van der Waals surface area contributed by atoms with Gasteiger partial charge in [0.25, 0.3) is 0 Å². The summed E-state index contributed by atoms with van der Waals surface area (Å²) in [6.45, 7) is 7.97. The van der Waals surface area contributed by atoms with Crippen LogP contribution in [-0.2, 0) is 7.05 Å². The average molecular weight is 182 g/mol. The molecule has 1 heterocycles. The lowest BCUT2D eigenvalue weighted by Crippen LogP contribution is -2.20. The van der Waals surface area contributed by atoms with E-state index in [0.717, 1.165) is 11.5 Å². The molecule has 0 aliphatic rings. The normalized spacial score (nSPS) is 14.6. The Morgan fingerprint density at radius 3 is 2.31 bits per heavy atom.